The number of ketones is 1. The Balaban J connectivity index is 2.96. The van der Waals surface area contributed by atoms with E-state index in [2.05, 4.69) is 4.74 Å². The van der Waals surface area contributed by atoms with Gasteiger partial charge in [-0.25, -0.2) is 0 Å². The second-order valence-corrected chi connectivity index (χ2v) is 3.71. The summed E-state index contributed by atoms with van der Waals surface area (Å²) in [7, 11) is 0. The minimum Gasteiger partial charge on any atom is -0.406 e. The maximum atomic E-state index is 12.0. The number of halogens is 3. The first-order valence-corrected chi connectivity index (χ1v) is 5.19. The van der Waals surface area contributed by atoms with Gasteiger partial charge in [-0.15, -0.1) is 13.2 Å². The quantitative estimate of drug-likeness (QED) is 0.814. The van der Waals surface area contributed by atoms with E-state index in [0.29, 0.717) is 12.0 Å². The molecule has 0 atom stereocenters. The Labute approximate surface area is 97.4 Å². The predicted molar refractivity (Wildman–Crippen MR) is 56.9 cm³/mol. The van der Waals surface area contributed by atoms with Crippen LogP contribution in [0, 0.1) is 0 Å². The van der Waals surface area contributed by atoms with E-state index in [9.17, 15) is 18.0 Å². The Kier molecular flexibility index (Phi) is 4.15. The van der Waals surface area contributed by atoms with Gasteiger partial charge in [-0.05, 0) is 36.6 Å². The Morgan fingerprint density at radius 2 is 1.94 bits per heavy atom. The maximum absolute atomic E-state index is 12.0. The highest BCUT2D eigenvalue weighted by atomic mass is 19.4. The second-order valence-electron chi connectivity index (χ2n) is 3.71. The lowest BCUT2D eigenvalue weighted by molar-refractivity contribution is -0.274. The summed E-state index contributed by atoms with van der Waals surface area (Å²) in [4.78, 5) is 11.0. The van der Waals surface area contributed by atoms with Crippen molar-refractivity contribution in [3.63, 3.8) is 0 Å². The van der Waals surface area contributed by atoms with Crippen LogP contribution in [0.2, 0.25) is 0 Å². The molecule has 0 aliphatic carbocycles. The molecule has 94 valence electrons. The van der Waals surface area contributed by atoms with Gasteiger partial charge in [-0.3, -0.25) is 4.79 Å². The van der Waals surface area contributed by atoms with Crippen LogP contribution in [0.1, 0.15) is 25.0 Å². The van der Waals surface area contributed by atoms with Gasteiger partial charge in [0.1, 0.15) is 11.5 Å². The summed E-state index contributed by atoms with van der Waals surface area (Å²) >= 11 is 0. The van der Waals surface area contributed by atoms with Gasteiger partial charge in [-0.1, -0.05) is 13.0 Å². The fourth-order valence-electron chi connectivity index (χ4n) is 1.57. The fourth-order valence-corrected chi connectivity index (χ4v) is 1.57. The average Bonchev–Trinajstić information content (AvgIpc) is 2.17. The van der Waals surface area contributed by atoms with E-state index in [1.54, 1.807) is 0 Å². The summed E-state index contributed by atoms with van der Waals surface area (Å²) < 4.78 is 39.9. The molecule has 0 fully saturated rings. The molecule has 0 spiro atoms. The Morgan fingerprint density at radius 1 is 1.29 bits per heavy atom. The molecule has 2 nitrogen and oxygen atoms in total. The van der Waals surface area contributed by atoms with E-state index in [0.717, 1.165) is 5.56 Å². The van der Waals surface area contributed by atoms with Crippen molar-refractivity contribution in [2.24, 2.45) is 0 Å². The minimum absolute atomic E-state index is 0.0239. The lowest BCUT2D eigenvalue weighted by atomic mass is 10.0. The van der Waals surface area contributed by atoms with Gasteiger partial charge in [0.15, 0.2) is 0 Å². The van der Waals surface area contributed by atoms with Gasteiger partial charge >= 0.3 is 6.36 Å². The minimum atomic E-state index is -4.69. The molecule has 1 aromatic carbocycles. The number of Topliss-reactive ketones (excluding diaryl/α,β-unsaturated/α-hetero) is 1. The van der Waals surface area contributed by atoms with Gasteiger partial charge in [0.25, 0.3) is 0 Å². The number of carbonyl (C=O) groups is 1. The highest BCUT2D eigenvalue weighted by Crippen LogP contribution is 2.25. The van der Waals surface area contributed by atoms with Crippen LogP contribution in [0.25, 0.3) is 0 Å². The highest BCUT2D eigenvalue weighted by Gasteiger charge is 2.31. The molecular weight excluding hydrogens is 233 g/mol. The summed E-state index contributed by atoms with van der Waals surface area (Å²) in [5.41, 5.74) is 1.44. The Hall–Kier alpha value is -1.52. The van der Waals surface area contributed by atoms with Crippen LogP contribution in [0.15, 0.2) is 18.2 Å². The second kappa shape index (κ2) is 5.21. The van der Waals surface area contributed by atoms with Crippen LogP contribution < -0.4 is 4.74 Å². The van der Waals surface area contributed by atoms with Crippen molar-refractivity contribution in [1.29, 1.82) is 0 Å². The molecule has 0 aliphatic rings. The van der Waals surface area contributed by atoms with Crippen LogP contribution in [0.3, 0.4) is 0 Å². The number of carbonyl (C=O) groups excluding carboxylic acids is 1. The largest absolute Gasteiger partial charge is 0.573 e. The summed E-state index contributed by atoms with van der Waals surface area (Å²) in [5.74, 6) is -0.272. The number of alkyl halides is 3. The lowest BCUT2D eigenvalue weighted by Gasteiger charge is -2.12. The molecule has 0 heterocycles. The van der Waals surface area contributed by atoms with Crippen molar-refractivity contribution in [2.75, 3.05) is 0 Å². The monoisotopic (exact) mass is 246 g/mol. The van der Waals surface area contributed by atoms with Gasteiger partial charge < -0.3 is 4.74 Å². The van der Waals surface area contributed by atoms with Crippen molar-refractivity contribution in [3.05, 3.63) is 29.3 Å². The summed E-state index contributed by atoms with van der Waals surface area (Å²) in [6, 6.07) is 4.05. The third-order valence-corrected chi connectivity index (χ3v) is 2.23. The molecule has 0 N–H and O–H groups in total. The Morgan fingerprint density at radius 3 is 2.41 bits per heavy atom. The first-order valence-electron chi connectivity index (χ1n) is 5.19. The van der Waals surface area contributed by atoms with E-state index in [4.69, 9.17) is 0 Å². The zero-order chi connectivity index (χ0) is 13.1. The van der Waals surface area contributed by atoms with Crippen LogP contribution in [0.5, 0.6) is 5.75 Å². The Bertz CT molecular complexity index is 411. The molecular formula is C12H13F3O2. The van der Waals surface area contributed by atoms with Gasteiger partial charge in [0, 0.05) is 6.42 Å². The van der Waals surface area contributed by atoms with E-state index < -0.39 is 6.36 Å². The molecule has 0 aromatic heterocycles. The van der Waals surface area contributed by atoms with Gasteiger partial charge in [-0.2, -0.15) is 0 Å². The zero-order valence-corrected chi connectivity index (χ0v) is 9.60. The van der Waals surface area contributed by atoms with E-state index in [1.807, 2.05) is 6.92 Å². The fraction of sp³-hybridized carbons (Fsp3) is 0.417. The first kappa shape index (κ1) is 13.5. The molecule has 0 bridgehead atoms. The SMILES string of the molecule is CCc1cc(OC(F)(F)F)ccc1CC(C)=O. The van der Waals surface area contributed by atoms with Crippen LogP contribution in [-0.4, -0.2) is 12.1 Å². The topological polar surface area (TPSA) is 26.3 Å². The van der Waals surface area contributed by atoms with Crippen molar-refractivity contribution < 1.29 is 22.7 Å². The van der Waals surface area contributed by atoms with Crippen LogP contribution >= 0.6 is 0 Å². The third kappa shape index (κ3) is 4.46. The van der Waals surface area contributed by atoms with E-state index in [1.165, 1.54) is 25.1 Å². The first-order chi connectivity index (χ1) is 7.81. The average molecular weight is 246 g/mol. The van der Waals surface area contributed by atoms with Crippen molar-refractivity contribution in [1.82, 2.24) is 0 Å². The van der Waals surface area contributed by atoms with E-state index in [-0.39, 0.29) is 18.0 Å². The standard InChI is InChI=1S/C12H13F3O2/c1-3-9-7-11(17-12(13,14)15)5-4-10(9)6-8(2)16/h4-5,7H,3,6H2,1-2H3. The summed E-state index contributed by atoms with van der Waals surface area (Å²) in [5, 5.41) is 0. The molecule has 0 amide bonds. The van der Waals surface area contributed by atoms with Crippen molar-refractivity contribution >= 4 is 5.78 Å². The highest BCUT2D eigenvalue weighted by molar-refractivity contribution is 5.78. The maximum Gasteiger partial charge on any atom is 0.573 e. The van der Waals surface area contributed by atoms with Gasteiger partial charge in [0.2, 0.25) is 0 Å². The molecule has 0 unspecified atom stereocenters. The third-order valence-electron chi connectivity index (χ3n) is 2.23. The van der Waals surface area contributed by atoms with Crippen LogP contribution in [0.4, 0.5) is 13.2 Å². The lowest BCUT2D eigenvalue weighted by Crippen LogP contribution is -2.17. The summed E-state index contributed by atoms with van der Waals surface area (Å²) in [6.07, 6.45) is -3.90. The van der Waals surface area contributed by atoms with Crippen molar-refractivity contribution in [3.8, 4) is 5.75 Å². The van der Waals surface area contributed by atoms with Crippen molar-refractivity contribution in [2.45, 2.75) is 33.1 Å². The number of aryl methyl sites for hydroxylation is 1. The number of ether oxygens (including phenoxy) is 1. The summed E-state index contributed by atoms with van der Waals surface area (Å²) in [6.45, 7) is 3.26. The number of benzene rings is 1. The zero-order valence-electron chi connectivity index (χ0n) is 9.60. The number of hydrogen-bond acceptors (Lipinski definition) is 2. The molecule has 0 radical (unpaired) electrons. The van der Waals surface area contributed by atoms with Gasteiger partial charge in [0.05, 0.1) is 0 Å². The normalized spacial score (nSPS) is 11.4. The smallest absolute Gasteiger partial charge is 0.406 e. The van der Waals surface area contributed by atoms with E-state index >= 15 is 0 Å². The number of rotatable bonds is 4. The van der Waals surface area contributed by atoms with Crippen LogP contribution in [-0.2, 0) is 17.6 Å². The predicted octanol–water partition coefficient (Wildman–Crippen LogP) is 3.28. The molecule has 1 rings (SSSR count). The molecule has 17 heavy (non-hydrogen) atoms. The number of hydrogen-bond donors (Lipinski definition) is 0. The molecule has 0 aliphatic heterocycles. The molecule has 1 aromatic rings. The molecule has 0 saturated carbocycles. The molecule has 0 saturated heterocycles. The molecule has 5 heteroatoms.